The molecule has 0 bridgehead atoms. The number of carbonyl (C=O) groups excluding carboxylic acids is 2. The molecule has 2 aromatic rings. The van der Waals surface area contributed by atoms with Gasteiger partial charge in [-0.25, -0.2) is 0 Å². The van der Waals surface area contributed by atoms with E-state index in [0.717, 1.165) is 30.4 Å². The van der Waals surface area contributed by atoms with E-state index in [1.165, 1.54) is 0 Å². The Bertz CT molecular complexity index is 867. The minimum absolute atomic E-state index is 0. The first kappa shape index (κ1) is 23.3. The van der Waals surface area contributed by atoms with Crippen LogP contribution in [0.1, 0.15) is 43.7 Å². The number of amides is 2. The van der Waals surface area contributed by atoms with Crippen molar-refractivity contribution in [3.63, 3.8) is 0 Å². The van der Waals surface area contributed by atoms with Gasteiger partial charge in [-0.05, 0) is 24.0 Å². The summed E-state index contributed by atoms with van der Waals surface area (Å²) in [5.41, 5.74) is 1.92. The van der Waals surface area contributed by atoms with Crippen LogP contribution in [0.3, 0.4) is 0 Å². The Morgan fingerprint density at radius 1 is 1.00 bits per heavy atom. The number of halogens is 1. The highest BCUT2D eigenvalue weighted by Gasteiger charge is 2.51. The number of carbonyl (C=O) groups is 2. The monoisotopic (exact) mass is 441 g/mol. The topological polar surface area (TPSA) is 52.7 Å². The fourth-order valence-corrected chi connectivity index (χ4v) is 4.76. The van der Waals surface area contributed by atoms with Gasteiger partial charge in [0.05, 0.1) is 11.7 Å². The fraction of sp³-hybridized carbons (Fsp3) is 0.440. The quantitative estimate of drug-likeness (QED) is 0.742. The van der Waals surface area contributed by atoms with Crippen LogP contribution < -0.4 is 5.32 Å². The second-order valence-electron chi connectivity index (χ2n) is 8.46. The Hall–Kier alpha value is -2.37. The second-order valence-corrected chi connectivity index (χ2v) is 8.46. The lowest BCUT2D eigenvalue weighted by Crippen LogP contribution is -2.59. The van der Waals surface area contributed by atoms with Crippen molar-refractivity contribution in [3.8, 4) is 0 Å². The molecule has 166 valence electrons. The molecule has 0 aromatic heterocycles. The number of piperidine rings is 1. The molecular weight excluding hydrogens is 410 g/mol. The Morgan fingerprint density at radius 3 is 2.16 bits per heavy atom. The van der Waals surface area contributed by atoms with Gasteiger partial charge in [0, 0.05) is 38.9 Å². The zero-order valence-electron chi connectivity index (χ0n) is 18.1. The number of likely N-dealkylation sites (tertiary alicyclic amines) is 1. The molecule has 1 atom stereocenters. The minimum atomic E-state index is -0.380. The molecule has 0 radical (unpaired) electrons. The van der Waals surface area contributed by atoms with E-state index in [2.05, 4.69) is 29.6 Å². The summed E-state index contributed by atoms with van der Waals surface area (Å²) in [6, 6.07) is 20.1. The first-order valence-electron chi connectivity index (χ1n) is 11.1. The van der Waals surface area contributed by atoms with E-state index in [1.54, 1.807) is 0 Å². The molecule has 0 aliphatic carbocycles. The Balaban J connectivity index is 0.00000272. The molecule has 2 saturated heterocycles. The summed E-state index contributed by atoms with van der Waals surface area (Å²) in [4.78, 5) is 29.9. The summed E-state index contributed by atoms with van der Waals surface area (Å²) in [5, 5.41) is 3.70. The van der Waals surface area contributed by atoms with Crippen LogP contribution >= 0.6 is 12.4 Å². The largest absolute Gasteiger partial charge is 0.342 e. The zero-order valence-corrected chi connectivity index (χ0v) is 18.9. The Labute approximate surface area is 191 Å². The van der Waals surface area contributed by atoms with E-state index >= 15 is 0 Å². The molecule has 2 aliphatic rings. The van der Waals surface area contributed by atoms with Gasteiger partial charge < -0.3 is 9.80 Å². The van der Waals surface area contributed by atoms with Crippen molar-refractivity contribution in [2.24, 2.45) is 0 Å². The molecule has 6 heteroatoms. The number of hydrogen-bond donors (Lipinski definition) is 1. The predicted octanol–water partition coefficient (Wildman–Crippen LogP) is 3.77. The summed E-state index contributed by atoms with van der Waals surface area (Å²) in [5.74, 6) is 0.392. The molecule has 0 saturated carbocycles. The molecule has 2 heterocycles. The number of nitrogens with one attached hydrogen (secondary N) is 1. The van der Waals surface area contributed by atoms with E-state index in [4.69, 9.17) is 0 Å². The van der Waals surface area contributed by atoms with Crippen LogP contribution in [-0.2, 0) is 22.6 Å². The van der Waals surface area contributed by atoms with E-state index in [-0.39, 0.29) is 35.9 Å². The molecule has 31 heavy (non-hydrogen) atoms. The molecule has 2 fully saturated rings. The summed E-state index contributed by atoms with van der Waals surface area (Å²) in [6.07, 6.45) is 3.70. The highest BCUT2D eigenvalue weighted by Crippen LogP contribution is 2.35. The smallest absolute Gasteiger partial charge is 0.241 e. The first-order valence-corrected chi connectivity index (χ1v) is 11.1. The lowest BCUT2D eigenvalue weighted by atomic mass is 9.95. The standard InChI is InChI=1S/C25H31N3O2.ClH/c1-2-9-23(29)27-16-14-25(15-17-27)26-22(18-20-10-5-3-6-11-20)24(30)28(25)19-21-12-7-4-8-13-21;/h3-8,10-13,22,26H,2,9,14-19H2,1H3;1H/t22-;/m0./s1. The average molecular weight is 442 g/mol. The zero-order chi connectivity index (χ0) is 21.0. The van der Waals surface area contributed by atoms with Crippen molar-refractivity contribution in [2.45, 2.75) is 57.3 Å². The number of hydrogen-bond acceptors (Lipinski definition) is 3. The Kier molecular flexibility index (Phi) is 7.74. The van der Waals surface area contributed by atoms with Gasteiger partial charge in [-0.3, -0.25) is 14.9 Å². The van der Waals surface area contributed by atoms with Crippen molar-refractivity contribution in [3.05, 3.63) is 71.8 Å². The molecular formula is C25H32ClN3O2. The lowest BCUT2D eigenvalue weighted by Gasteiger charge is -2.44. The molecule has 2 aliphatic heterocycles. The average Bonchev–Trinajstić information content (AvgIpc) is 3.01. The normalized spacial score (nSPS) is 20.0. The number of rotatable bonds is 6. The first-order chi connectivity index (χ1) is 14.6. The van der Waals surface area contributed by atoms with Crippen LogP contribution in [-0.4, -0.2) is 46.4 Å². The maximum absolute atomic E-state index is 13.5. The fourth-order valence-electron chi connectivity index (χ4n) is 4.76. The maximum atomic E-state index is 13.5. The summed E-state index contributed by atoms with van der Waals surface area (Å²) >= 11 is 0. The van der Waals surface area contributed by atoms with Crippen molar-refractivity contribution in [1.29, 1.82) is 0 Å². The van der Waals surface area contributed by atoms with Crippen LogP contribution in [0.15, 0.2) is 60.7 Å². The summed E-state index contributed by atoms with van der Waals surface area (Å²) in [7, 11) is 0. The van der Waals surface area contributed by atoms with Crippen molar-refractivity contribution >= 4 is 24.2 Å². The van der Waals surface area contributed by atoms with Gasteiger partial charge >= 0.3 is 0 Å². The van der Waals surface area contributed by atoms with Crippen molar-refractivity contribution in [1.82, 2.24) is 15.1 Å². The Morgan fingerprint density at radius 2 is 1.58 bits per heavy atom. The highest BCUT2D eigenvalue weighted by molar-refractivity contribution is 5.86. The van der Waals surface area contributed by atoms with Crippen molar-refractivity contribution < 1.29 is 9.59 Å². The van der Waals surface area contributed by atoms with Crippen LogP contribution in [0.5, 0.6) is 0 Å². The van der Waals surface area contributed by atoms with Crippen molar-refractivity contribution in [2.75, 3.05) is 13.1 Å². The molecule has 0 unspecified atom stereocenters. The van der Waals surface area contributed by atoms with Gasteiger partial charge in [-0.2, -0.15) is 0 Å². The molecule has 1 spiro atoms. The van der Waals surface area contributed by atoms with Gasteiger partial charge in [-0.15, -0.1) is 12.4 Å². The lowest BCUT2D eigenvalue weighted by molar-refractivity contribution is -0.137. The molecule has 5 nitrogen and oxygen atoms in total. The van der Waals surface area contributed by atoms with Gasteiger partial charge in [0.25, 0.3) is 0 Å². The summed E-state index contributed by atoms with van der Waals surface area (Å²) < 4.78 is 0. The van der Waals surface area contributed by atoms with E-state index < -0.39 is 0 Å². The maximum Gasteiger partial charge on any atom is 0.241 e. The number of benzene rings is 2. The van der Waals surface area contributed by atoms with Gasteiger partial charge in [0.2, 0.25) is 11.8 Å². The van der Waals surface area contributed by atoms with Gasteiger partial charge in [0.15, 0.2) is 0 Å². The van der Waals surface area contributed by atoms with E-state index in [0.29, 0.717) is 32.5 Å². The second kappa shape index (κ2) is 10.3. The van der Waals surface area contributed by atoms with E-state index in [1.807, 2.05) is 53.1 Å². The van der Waals surface area contributed by atoms with Crippen LogP contribution in [0.25, 0.3) is 0 Å². The predicted molar refractivity (Wildman–Crippen MR) is 125 cm³/mol. The molecule has 1 N–H and O–H groups in total. The van der Waals surface area contributed by atoms with Gasteiger partial charge in [0.1, 0.15) is 0 Å². The summed E-state index contributed by atoms with van der Waals surface area (Å²) in [6.45, 7) is 4.03. The van der Waals surface area contributed by atoms with Crippen LogP contribution in [0.2, 0.25) is 0 Å². The SMILES string of the molecule is CCCC(=O)N1CCC2(CC1)N[C@@H](Cc1ccccc1)C(=O)N2Cc1ccccc1.Cl. The molecule has 2 amide bonds. The van der Waals surface area contributed by atoms with Crippen LogP contribution in [0, 0.1) is 0 Å². The number of nitrogens with zero attached hydrogens (tertiary/aromatic N) is 2. The van der Waals surface area contributed by atoms with Gasteiger partial charge in [-0.1, -0.05) is 67.6 Å². The molecule has 4 rings (SSSR count). The third-order valence-electron chi connectivity index (χ3n) is 6.40. The highest BCUT2D eigenvalue weighted by atomic mass is 35.5. The van der Waals surface area contributed by atoms with E-state index in [9.17, 15) is 9.59 Å². The van der Waals surface area contributed by atoms with Crippen LogP contribution in [0.4, 0.5) is 0 Å². The third kappa shape index (κ3) is 5.10. The minimum Gasteiger partial charge on any atom is -0.342 e. The third-order valence-corrected chi connectivity index (χ3v) is 6.40. The molecule has 2 aromatic carbocycles.